The van der Waals surface area contributed by atoms with Gasteiger partial charge in [-0.05, 0) is 37.1 Å². The molecule has 0 aliphatic rings. The second kappa shape index (κ2) is 11.5. The average molecular weight is 489 g/mol. The molecule has 148 valence electrons. The lowest BCUT2D eigenvalue weighted by atomic mass is 10.1. The molecule has 0 saturated carbocycles. The number of guanidine groups is 1. The molecule has 0 bridgehead atoms. The minimum Gasteiger partial charge on any atom is -0.359 e. The van der Waals surface area contributed by atoms with Gasteiger partial charge in [0.1, 0.15) is 12.4 Å². The van der Waals surface area contributed by atoms with E-state index in [0.717, 1.165) is 5.69 Å². The van der Waals surface area contributed by atoms with Crippen LogP contribution in [0.5, 0.6) is 0 Å². The average Bonchev–Trinajstić information content (AvgIpc) is 3.09. The van der Waals surface area contributed by atoms with Crippen molar-refractivity contribution in [3.63, 3.8) is 0 Å². The second-order valence-corrected chi connectivity index (χ2v) is 5.98. The topological polar surface area (TPSA) is 91.5 Å². The predicted molar refractivity (Wildman–Crippen MR) is 114 cm³/mol. The summed E-state index contributed by atoms with van der Waals surface area (Å²) in [6, 6.07) is 7.45. The monoisotopic (exact) mass is 489 g/mol. The van der Waals surface area contributed by atoms with Gasteiger partial charge in [0, 0.05) is 18.3 Å². The molecular weight excluding hydrogens is 464 g/mol. The molecule has 0 unspecified atom stereocenters. The number of aliphatic imine (C=N–C) groups is 1. The summed E-state index contributed by atoms with van der Waals surface area (Å²) in [6.07, 6.45) is 0. The van der Waals surface area contributed by atoms with Crippen LogP contribution in [0.4, 0.5) is 10.1 Å². The molecule has 0 saturated heterocycles. The lowest BCUT2D eigenvalue weighted by Crippen LogP contribution is -2.37. The fraction of sp³-hybridized carbons (Fsp3) is 0.389. The number of hydrogen-bond donors (Lipinski definition) is 3. The summed E-state index contributed by atoms with van der Waals surface area (Å²) in [5.41, 5.74) is 1.41. The van der Waals surface area contributed by atoms with Gasteiger partial charge in [-0.15, -0.1) is 24.0 Å². The first-order valence-corrected chi connectivity index (χ1v) is 8.51. The van der Waals surface area contributed by atoms with E-state index in [9.17, 15) is 9.18 Å². The normalized spacial score (nSPS) is 11.1. The van der Waals surface area contributed by atoms with Gasteiger partial charge in [-0.1, -0.05) is 19.0 Å². The van der Waals surface area contributed by atoms with Crippen molar-refractivity contribution in [1.82, 2.24) is 15.8 Å². The Labute approximate surface area is 175 Å². The van der Waals surface area contributed by atoms with Crippen molar-refractivity contribution in [1.29, 1.82) is 0 Å². The van der Waals surface area contributed by atoms with Gasteiger partial charge in [0.25, 0.3) is 0 Å². The predicted octanol–water partition coefficient (Wildman–Crippen LogP) is 3.25. The number of carbonyl (C=O) groups is 1. The standard InChI is InChI=1S/C18H24FN5O2.HI/c1-4-20-18(21-10-15-9-16(12(2)3)24-26-15)22-11-17(25)23-14-7-5-13(19)6-8-14;/h5-9,12H,4,10-11H2,1-3H3,(H,23,25)(H2,20,21,22);1H. The molecule has 0 spiro atoms. The number of aromatic nitrogens is 1. The molecule has 3 N–H and O–H groups in total. The zero-order valence-corrected chi connectivity index (χ0v) is 17.9. The van der Waals surface area contributed by atoms with Gasteiger partial charge in [-0.25, -0.2) is 9.38 Å². The Kier molecular flexibility index (Phi) is 9.76. The highest BCUT2D eigenvalue weighted by Crippen LogP contribution is 2.13. The Morgan fingerprint density at radius 1 is 1.26 bits per heavy atom. The van der Waals surface area contributed by atoms with Crippen LogP contribution in [0.3, 0.4) is 0 Å². The Hall–Kier alpha value is -2.17. The van der Waals surface area contributed by atoms with Crippen molar-refractivity contribution in [2.75, 3.05) is 18.4 Å². The number of rotatable bonds is 7. The van der Waals surface area contributed by atoms with Crippen molar-refractivity contribution >= 4 is 41.5 Å². The number of hydrogen-bond acceptors (Lipinski definition) is 4. The molecule has 2 rings (SSSR count). The summed E-state index contributed by atoms with van der Waals surface area (Å²) in [6.45, 7) is 7.01. The van der Waals surface area contributed by atoms with Gasteiger partial charge in [0.15, 0.2) is 11.7 Å². The molecule has 0 atom stereocenters. The number of anilines is 1. The maximum atomic E-state index is 12.9. The molecule has 1 amide bonds. The van der Waals surface area contributed by atoms with Gasteiger partial charge in [-0.2, -0.15) is 0 Å². The van der Waals surface area contributed by atoms with Gasteiger partial charge in [0.05, 0.1) is 12.2 Å². The van der Waals surface area contributed by atoms with Crippen LogP contribution in [-0.2, 0) is 11.3 Å². The summed E-state index contributed by atoms with van der Waals surface area (Å²) < 4.78 is 18.1. The number of nitrogens with zero attached hydrogens (tertiary/aromatic N) is 2. The zero-order valence-electron chi connectivity index (χ0n) is 15.6. The zero-order chi connectivity index (χ0) is 18.9. The molecule has 0 fully saturated rings. The fourth-order valence-corrected chi connectivity index (χ4v) is 2.08. The van der Waals surface area contributed by atoms with Crippen molar-refractivity contribution in [3.05, 3.63) is 47.6 Å². The van der Waals surface area contributed by atoms with Crippen molar-refractivity contribution in [2.24, 2.45) is 4.99 Å². The second-order valence-electron chi connectivity index (χ2n) is 5.98. The van der Waals surface area contributed by atoms with Crippen molar-refractivity contribution < 1.29 is 13.7 Å². The number of amides is 1. The van der Waals surface area contributed by atoms with Crippen LogP contribution in [0.2, 0.25) is 0 Å². The third-order valence-corrected chi connectivity index (χ3v) is 3.45. The molecule has 1 aromatic heterocycles. The maximum Gasteiger partial charge on any atom is 0.246 e. The first kappa shape index (κ1) is 22.9. The van der Waals surface area contributed by atoms with E-state index in [-0.39, 0.29) is 42.2 Å². The summed E-state index contributed by atoms with van der Waals surface area (Å²) >= 11 is 0. The fourth-order valence-electron chi connectivity index (χ4n) is 2.08. The number of carbonyl (C=O) groups excluding carboxylic acids is 1. The quantitative estimate of drug-likeness (QED) is 0.316. The summed E-state index contributed by atoms with van der Waals surface area (Å²) in [5.74, 6) is 0.826. The highest BCUT2D eigenvalue weighted by atomic mass is 127. The number of nitrogens with one attached hydrogen (secondary N) is 3. The largest absolute Gasteiger partial charge is 0.359 e. The molecule has 0 radical (unpaired) electrons. The van der Waals surface area contributed by atoms with Gasteiger partial charge < -0.3 is 20.5 Å². The van der Waals surface area contributed by atoms with E-state index in [2.05, 4.69) is 26.1 Å². The Morgan fingerprint density at radius 3 is 2.56 bits per heavy atom. The number of benzene rings is 1. The van der Waals surface area contributed by atoms with E-state index in [0.29, 0.717) is 36.4 Å². The van der Waals surface area contributed by atoms with Crippen LogP contribution in [0.1, 0.15) is 38.1 Å². The lowest BCUT2D eigenvalue weighted by molar-refractivity contribution is -0.114. The van der Waals surface area contributed by atoms with E-state index in [1.807, 2.05) is 26.8 Å². The minimum absolute atomic E-state index is 0. The summed E-state index contributed by atoms with van der Waals surface area (Å²) in [5, 5.41) is 12.8. The van der Waals surface area contributed by atoms with E-state index in [4.69, 9.17) is 4.52 Å². The molecule has 1 aromatic carbocycles. The van der Waals surface area contributed by atoms with Crippen LogP contribution in [0, 0.1) is 5.82 Å². The van der Waals surface area contributed by atoms with E-state index in [1.165, 1.54) is 24.3 Å². The van der Waals surface area contributed by atoms with Gasteiger partial charge in [0.2, 0.25) is 5.91 Å². The molecular formula is C18H25FIN5O2. The molecule has 0 aliphatic heterocycles. The van der Waals surface area contributed by atoms with Crippen LogP contribution in [0.15, 0.2) is 39.8 Å². The Morgan fingerprint density at radius 2 is 1.96 bits per heavy atom. The van der Waals surface area contributed by atoms with Gasteiger partial charge in [-0.3, -0.25) is 4.79 Å². The third-order valence-electron chi connectivity index (χ3n) is 3.45. The molecule has 27 heavy (non-hydrogen) atoms. The van der Waals surface area contributed by atoms with Crippen LogP contribution in [-0.4, -0.2) is 30.1 Å². The first-order chi connectivity index (χ1) is 12.5. The third kappa shape index (κ3) is 7.94. The highest BCUT2D eigenvalue weighted by molar-refractivity contribution is 14.0. The molecule has 9 heteroatoms. The maximum absolute atomic E-state index is 12.9. The van der Waals surface area contributed by atoms with Crippen molar-refractivity contribution in [2.45, 2.75) is 33.2 Å². The van der Waals surface area contributed by atoms with E-state index < -0.39 is 0 Å². The summed E-state index contributed by atoms with van der Waals surface area (Å²) in [4.78, 5) is 16.2. The smallest absolute Gasteiger partial charge is 0.246 e. The Balaban J connectivity index is 0.00000364. The molecule has 2 aromatic rings. The van der Waals surface area contributed by atoms with Crippen molar-refractivity contribution in [3.8, 4) is 0 Å². The van der Waals surface area contributed by atoms with E-state index >= 15 is 0 Å². The number of halogens is 2. The highest BCUT2D eigenvalue weighted by Gasteiger charge is 2.08. The SMILES string of the molecule is CCNC(=NCC(=O)Nc1ccc(F)cc1)NCc1cc(C(C)C)no1.I. The molecule has 1 heterocycles. The molecule has 0 aliphatic carbocycles. The van der Waals surface area contributed by atoms with Gasteiger partial charge >= 0.3 is 0 Å². The van der Waals surface area contributed by atoms with Crippen LogP contribution < -0.4 is 16.0 Å². The Bertz CT molecular complexity index is 746. The first-order valence-electron chi connectivity index (χ1n) is 8.51. The van der Waals surface area contributed by atoms with Crippen LogP contribution >= 0.6 is 24.0 Å². The molecule has 7 nitrogen and oxygen atoms in total. The van der Waals surface area contributed by atoms with Crippen LogP contribution in [0.25, 0.3) is 0 Å². The lowest BCUT2D eigenvalue weighted by Gasteiger charge is -2.10. The summed E-state index contributed by atoms with van der Waals surface area (Å²) in [7, 11) is 0. The minimum atomic E-state index is -0.354. The van der Waals surface area contributed by atoms with E-state index in [1.54, 1.807) is 0 Å².